The quantitative estimate of drug-likeness (QED) is 0.755. The number of carboxylic acids is 1. The standard InChI is InChI=1S/C20H23N3O4/c1-26-19-9-5-3-7-17(19)22-10-12-23(13-11-22)21-14-16-6-2-4-8-18(16)27-15-20(24)25/h2-9,14H,10-13,15H2,1H3,(H,24,25). The highest BCUT2D eigenvalue weighted by Gasteiger charge is 2.18. The zero-order chi connectivity index (χ0) is 19.1. The highest BCUT2D eigenvalue weighted by molar-refractivity contribution is 5.83. The summed E-state index contributed by atoms with van der Waals surface area (Å²) in [6, 6.07) is 15.3. The van der Waals surface area contributed by atoms with Gasteiger partial charge in [0.25, 0.3) is 0 Å². The highest BCUT2D eigenvalue weighted by Crippen LogP contribution is 2.28. The molecule has 1 N–H and O–H groups in total. The van der Waals surface area contributed by atoms with E-state index in [1.165, 1.54) is 0 Å². The molecular formula is C20H23N3O4. The van der Waals surface area contributed by atoms with Crippen LogP contribution >= 0.6 is 0 Å². The van der Waals surface area contributed by atoms with E-state index in [-0.39, 0.29) is 6.61 Å². The van der Waals surface area contributed by atoms with Crippen molar-refractivity contribution in [2.24, 2.45) is 5.10 Å². The second kappa shape index (κ2) is 8.93. The number of para-hydroxylation sites is 3. The van der Waals surface area contributed by atoms with Gasteiger partial charge in [-0.2, -0.15) is 5.10 Å². The van der Waals surface area contributed by atoms with E-state index in [4.69, 9.17) is 14.6 Å². The minimum absolute atomic E-state index is 0.373. The van der Waals surface area contributed by atoms with Crippen molar-refractivity contribution in [3.05, 3.63) is 54.1 Å². The third kappa shape index (κ3) is 4.91. The van der Waals surface area contributed by atoms with E-state index in [0.717, 1.165) is 43.2 Å². The summed E-state index contributed by atoms with van der Waals surface area (Å²) in [5.74, 6) is 0.379. The largest absolute Gasteiger partial charge is 0.495 e. The van der Waals surface area contributed by atoms with Crippen molar-refractivity contribution in [3.63, 3.8) is 0 Å². The summed E-state index contributed by atoms with van der Waals surface area (Å²) < 4.78 is 10.8. The van der Waals surface area contributed by atoms with Crippen LogP contribution in [0.4, 0.5) is 5.69 Å². The molecule has 0 spiro atoms. The van der Waals surface area contributed by atoms with Crippen LogP contribution in [0, 0.1) is 0 Å². The van der Waals surface area contributed by atoms with E-state index in [2.05, 4.69) is 16.1 Å². The number of carbonyl (C=O) groups is 1. The van der Waals surface area contributed by atoms with E-state index in [1.54, 1.807) is 25.5 Å². The Morgan fingerprint density at radius 3 is 2.44 bits per heavy atom. The van der Waals surface area contributed by atoms with Crippen LogP contribution in [0.2, 0.25) is 0 Å². The number of methoxy groups -OCH3 is 1. The number of hydrogen-bond acceptors (Lipinski definition) is 6. The van der Waals surface area contributed by atoms with Crippen LogP contribution in [0.25, 0.3) is 0 Å². The van der Waals surface area contributed by atoms with Gasteiger partial charge in [0.15, 0.2) is 6.61 Å². The van der Waals surface area contributed by atoms with Gasteiger partial charge in [-0.15, -0.1) is 0 Å². The van der Waals surface area contributed by atoms with Gasteiger partial charge >= 0.3 is 5.97 Å². The number of hydrogen-bond donors (Lipinski definition) is 1. The van der Waals surface area contributed by atoms with Crippen LogP contribution in [-0.4, -0.2) is 62.2 Å². The number of hydrazone groups is 1. The molecule has 0 unspecified atom stereocenters. The van der Waals surface area contributed by atoms with Gasteiger partial charge in [0.05, 0.1) is 32.1 Å². The monoisotopic (exact) mass is 369 g/mol. The summed E-state index contributed by atoms with van der Waals surface area (Å²) in [5.41, 5.74) is 1.85. The molecule has 3 rings (SSSR count). The van der Waals surface area contributed by atoms with E-state index in [0.29, 0.717) is 5.75 Å². The molecular weight excluding hydrogens is 346 g/mol. The minimum Gasteiger partial charge on any atom is -0.495 e. The van der Waals surface area contributed by atoms with Crippen molar-refractivity contribution in [2.75, 3.05) is 44.8 Å². The van der Waals surface area contributed by atoms with Gasteiger partial charge < -0.3 is 19.5 Å². The summed E-state index contributed by atoms with van der Waals surface area (Å²) in [6.45, 7) is 2.88. The molecule has 7 heteroatoms. The fourth-order valence-electron chi connectivity index (χ4n) is 2.95. The number of benzene rings is 2. The summed E-state index contributed by atoms with van der Waals surface area (Å²) in [5, 5.41) is 15.3. The number of ether oxygens (including phenoxy) is 2. The predicted octanol–water partition coefficient (Wildman–Crippen LogP) is 2.31. The lowest BCUT2D eigenvalue weighted by atomic mass is 10.2. The Morgan fingerprint density at radius 1 is 1.07 bits per heavy atom. The maximum Gasteiger partial charge on any atom is 0.341 e. The number of rotatable bonds is 7. The SMILES string of the molecule is COc1ccccc1N1CCN(N=Cc2ccccc2OCC(=O)O)CC1. The Morgan fingerprint density at radius 2 is 1.74 bits per heavy atom. The first-order valence-electron chi connectivity index (χ1n) is 8.78. The van der Waals surface area contributed by atoms with Crippen molar-refractivity contribution in [1.29, 1.82) is 0 Å². The van der Waals surface area contributed by atoms with Gasteiger partial charge in [0, 0.05) is 18.7 Å². The fourth-order valence-corrected chi connectivity index (χ4v) is 2.95. The molecule has 0 saturated carbocycles. The number of carboxylic acid groups (broad SMARTS) is 1. The van der Waals surface area contributed by atoms with Gasteiger partial charge in [-0.25, -0.2) is 4.79 Å². The second-order valence-electron chi connectivity index (χ2n) is 6.08. The van der Waals surface area contributed by atoms with Gasteiger partial charge in [0.2, 0.25) is 0 Å². The molecule has 1 aliphatic rings. The summed E-state index contributed by atoms with van der Waals surface area (Å²) >= 11 is 0. The molecule has 0 aliphatic carbocycles. The third-order valence-corrected chi connectivity index (χ3v) is 4.31. The molecule has 2 aromatic rings. The molecule has 1 fully saturated rings. The Hall–Kier alpha value is -3.22. The predicted molar refractivity (Wildman–Crippen MR) is 104 cm³/mol. The molecule has 1 saturated heterocycles. The smallest absolute Gasteiger partial charge is 0.341 e. The number of nitrogens with zero attached hydrogens (tertiary/aromatic N) is 3. The summed E-state index contributed by atoms with van der Waals surface area (Å²) in [4.78, 5) is 13.0. The van der Waals surface area contributed by atoms with Gasteiger partial charge in [-0.3, -0.25) is 5.01 Å². The van der Waals surface area contributed by atoms with Gasteiger partial charge in [0.1, 0.15) is 11.5 Å². The molecule has 0 amide bonds. The highest BCUT2D eigenvalue weighted by atomic mass is 16.5. The maximum absolute atomic E-state index is 10.7. The van der Waals surface area contributed by atoms with Crippen LogP contribution in [0.3, 0.4) is 0 Å². The van der Waals surface area contributed by atoms with Crippen molar-refractivity contribution < 1.29 is 19.4 Å². The molecule has 1 heterocycles. The van der Waals surface area contributed by atoms with Crippen molar-refractivity contribution in [2.45, 2.75) is 0 Å². The van der Waals surface area contributed by atoms with Crippen molar-refractivity contribution in [3.8, 4) is 11.5 Å². The van der Waals surface area contributed by atoms with Crippen molar-refractivity contribution >= 4 is 17.9 Å². The average molecular weight is 369 g/mol. The number of anilines is 1. The fraction of sp³-hybridized carbons (Fsp3) is 0.300. The summed E-state index contributed by atoms with van der Waals surface area (Å²) in [7, 11) is 1.68. The number of aliphatic carboxylic acids is 1. The number of piperazine rings is 1. The van der Waals surface area contributed by atoms with Crippen LogP contribution in [-0.2, 0) is 4.79 Å². The molecule has 0 aromatic heterocycles. The molecule has 0 radical (unpaired) electrons. The molecule has 0 atom stereocenters. The Kier molecular flexibility index (Phi) is 6.14. The molecule has 0 bridgehead atoms. The first-order valence-corrected chi connectivity index (χ1v) is 8.78. The van der Waals surface area contributed by atoms with E-state index in [9.17, 15) is 4.79 Å². The first kappa shape index (κ1) is 18.6. The average Bonchev–Trinajstić information content (AvgIpc) is 2.71. The van der Waals surface area contributed by atoms with Gasteiger partial charge in [-0.1, -0.05) is 24.3 Å². The summed E-state index contributed by atoms with van der Waals surface area (Å²) in [6.07, 6.45) is 1.72. The van der Waals surface area contributed by atoms with Crippen LogP contribution in [0.1, 0.15) is 5.56 Å². The van der Waals surface area contributed by atoms with E-state index in [1.807, 2.05) is 35.3 Å². The van der Waals surface area contributed by atoms with Crippen LogP contribution in [0.5, 0.6) is 11.5 Å². The zero-order valence-corrected chi connectivity index (χ0v) is 15.2. The topological polar surface area (TPSA) is 74.6 Å². The molecule has 2 aromatic carbocycles. The van der Waals surface area contributed by atoms with Crippen LogP contribution < -0.4 is 14.4 Å². The Balaban J connectivity index is 1.60. The normalized spacial score (nSPS) is 14.4. The van der Waals surface area contributed by atoms with Gasteiger partial charge in [-0.05, 0) is 24.3 Å². The second-order valence-corrected chi connectivity index (χ2v) is 6.08. The molecule has 27 heavy (non-hydrogen) atoms. The van der Waals surface area contributed by atoms with Crippen LogP contribution in [0.15, 0.2) is 53.6 Å². The van der Waals surface area contributed by atoms with E-state index < -0.39 is 5.97 Å². The lowest BCUT2D eigenvalue weighted by Crippen LogP contribution is -2.44. The molecule has 1 aliphatic heterocycles. The maximum atomic E-state index is 10.7. The Labute approximate surface area is 158 Å². The van der Waals surface area contributed by atoms with Crippen molar-refractivity contribution in [1.82, 2.24) is 5.01 Å². The lowest BCUT2D eigenvalue weighted by Gasteiger charge is -2.35. The Bertz CT molecular complexity index is 801. The van der Waals surface area contributed by atoms with E-state index >= 15 is 0 Å². The third-order valence-electron chi connectivity index (χ3n) is 4.31. The molecule has 7 nitrogen and oxygen atoms in total. The first-order chi connectivity index (χ1) is 13.2. The zero-order valence-electron chi connectivity index (χ0n) is 15.2. The molecule has 142 valence electrons. The lowest BCUT2D eigenvalue weighted by molar-refractivity contribution is -0.139. The minimum atomic E-state index is -1.01.